The minimum Gasteiger partial charge on any atom is -0.325 e. The van der Waals surface area contributed by atoms with Crippen molar-refractivity contribution in [2.75, 3.05) is 5.32 Å². The van der Waals surface area contributed by atoms with Crippen LogP contribution in [0.5, 0.6) is 0 Å². The summed E-state index contributed by atoms with van der Waals surface area (Å²) in [4.78, 5) is 11.3. The Morgan fingerprint density at radius 2 is 1.75 bits per heavy atom. The monoisotopic (exact) mass is 272 g/mol. The molecular weight excluding hydrogens is 248 g/mol. The molecule has 0 bridgehead atoms. The van der Waals surface area contributed by atoms with E-state index in [4.69, 9.17) is 5.26 Å². The van der Waals surface area contributed by atoms with Crippen molar-refractivity contribution in [2.45, 2.75) is 58.3 Å². The van der Waals surface area contributed by atoms with Gasteiger partial charge in [0.15, 0.2) is 0 Å². The summed E-state index contributed by atoms with van der Waals surface area (Å²) in [5.41, 5.74) is 2.07. The lowest BCUT2D eigenvalue weighted by Crippen LogP contribution is -2.09. The predicted octanol–water partition coefficient (Wildman–Crippen LogP) is 4.44. The molecule has 108 valence electrons. The Morgan fingerprint density at radius 3 is 2.40 bits per heavy atom. The van der Waals surface area contributed by atoms with Gasteiger partial charge in [-0.05, 0) is 30.5 Å². The molecule has 0 heterocycles. The van der Waals surface area contributed by atoms with Crippen LogP contribution >= 0.6 is 0 Å². The molecule has 0 radical (unpaired) electrons. The minimum absolute atomic E-state index is 0.0977. The van der Waals surface area contributed by atoms with Crippen LogP contribution in [-0.2, 0) is 11.2 Å². The molecule has 1 rings (SSSR count). The van der Waals surface area contributed by atoms with Gasteiger partial charge < -0.3 is 5.32 Å². The normalized spacial score (nSPS) is 10.0. The SMILES string of the molecule is CCCCCCCCc1ccc(NC(=O)CC#N)cc1. The Bertz CT molecular complexity index is 431. The maximum Gasteiger partial charge on any atom is 0.238 e. The number of anilines is 1. The number of unbranched alkanes of at least 4 members (excludes halogenated alkanes) is 5. The molecule has 0 aliphatic heterocycles. The minimum atomic E-state index is -0.254. The maximum absolute atomic E-state index is 11.3. The summed E-state index contributed by atoms with van der Waals surface area (Å²) < 4.78 is 0. The lowest BCUT2D eigenvalue weighted by molar-refractivity contribution is -0.115. The van der Waals surface area contributed by atoms with Gasteiger partial charge in [0.25, 0.3) is 0 Å². The van der Waals surface area contributed by atoms with Crippen molar-refractivity contribution in [3.8, 4) is 6.07 Å². The number of benzene rings is 1. The zero-order valence-corrected chi connectivity index (χ0v) is 12.3. The van der Waals surface area contributed by atoms with Gasteiger partial charge in [0.1, 0.15) is 6.42 Å². The largest absolute Gasteiger partial charge is 0.325 e. The van der Waals surface area contributed by atoms with Gasteiger partial charge in [-0.3, -0.25) is 4.79 Å². The number of nitrogens with zero attached hydrogens (tertiary/aromatic N) is 1. The number of nitriles is 1. The third-order valence-electron chi connectivity index (χ3n) is 3.30. The highest BCUT2D eigenvalue weighted by Gasteiger charge is 2.01. The van der Waals surface area contributed by atoms with E-state index in [0.717, 1.165) is 12.1 Å². The Balaban J connectivity index is 2.25. The lowest BCUT2D eigenvalue weighted by atomic mass is 10.0. The van der Waals surface area contributed by atoms with Crippen molar-refractivity contribution < 1.29 is 4.79 Å². The van der Waals surface area contributed by atoms with Crippen LogP contribution in [0.4, 0.5) is 5.69 Å². The van der Waals surface area contributed by atoms with Crippen LogP contribution < -0.4 is 5.32 Å². The zero-order chi connectivity index (χ0) is 14.6. The van der Waals surface area contributed by atoms with E-state index in [9.17, 15) is 4.79 Å². The molecule has 0 aliphatic carbocycles. The van der Waals surface area contributed by atoms with Gasteiger partial charge in [0.2, 0.25) is 5.91 Å². The molecule has 1 aromatic carbocycles. The van der Waals surface area contributed by atoms with Crippen LogP contribution in [0, 0.1) is 11.3 Å². The van der Waals surface area contributed by atoms with E-state index in [1.807, 2.05) is 30.3 Å². The second kappa shape index (κ2) is 10.0. The molecule has 0 aromatic heterocycles. The smallest absolute Gasteiger partial charge is 0.238 e. The third kappa shape index (κ3) is 6.94. The summed E-state index contributed by atoms with van der Waals surface area (Å²) in [6, 6.07) is 9.74. The number of hydrogen-bond donors (Lipinski definition) is 1. The Kier molecular flexibility index (Phi) is 8.14. The molecule has 3 nitrogen and oxygen atoms in total. The molecule has 0 aliphatic rings. The van der Waals surface area contributed by atoms with Gasteiger partial charge >= 0.3 is 0 Å². The van der Waals surface area contributed by atoms with Crippen molar-refractivity contribution in [3.05, 3.63) is 29.8 Å². The molecule has 0 spiro atoms. The number of hydrogen-bond acceptors (Lipinski definition) is 2. The number of amides is 1. The maximum atomic E-state index is 11.3. The average Bonchev–Trinajstić information content (AvgIpc) is 2.45. The topological polar surface area (TPSA) is 52.9 Å². The van der Waals surface area contributed by atoms with Crippen molar-refractivity contribution in [3.63, 3.8) is 0 Å². The molecule has 3 heteroatoms. The lowest BCUT2D eigenvalue weighted by Gasteiger charge is -2.05. The summed E-state index contributed by atoms with van der Waals surface area (Å²) in [6.07, 6.45) is 8.83. The first-order valence-electron chi connectivity index (χ1n) is 7.52. The van der Waals surface area contributed by atoms with E-state index in [0.29, 0.717) is 0 Å². The number of nitrogens with one attached hydrogen (secondary N) is 1. The predicted molar refractivity (Wildman–Crippen MR) is 82.4 cm³/mol. The van der Waals surface area contributed by atoms with E-state index < -0.39 is 0 Å². The second-order valence-electron chi connectivity index (χ2n) is 5.10. The van der Waals surface area contributed by atoms with Crippen LogP contribution in [0.25, 0.3) is 0 Å². The first-order chi connectivity index (χ1) is 9.76. The Hall–Kier alpha value is -1.82. The first-order valence-corrected chi connectivity index (χ1v) is 7.52. The first kappa shape index (κ1) is 16.2. The van der Waals surface area contributed by atoms with E-state index in [2.05, 4.69) is 12.2 Å². The zero-order valence-electron chi connectivity index (χ0n) is 12.3. The van der Waals surface area contributed by atoms with E-state index in [1.54, 1.807) is 0 Å². The number of aryl methyl sites for hydroxylation is 1. The highest BCUT2D eigenvalue weighted by Crippen LogP contribution is 2.13. The highest BCUT2D eigenvalue weighted by atomic mass is 16.1. The standard InChI is InChI=1S/C17H24N2O/c1-2-3-4-5-6-7-8-15-9-11-16(12-10-15)19-17(20)13-14-18/h9-12H,2-8,13H2,1H3,(H,19,20). The average molecular weight is 272 g/mol. The summed E-state index contributed by atoms with van der Waals surface area (Å²) in [6.45, 7) is 2.23. The van der Waals surface area contributed by atoms with Crippen molar-refractivity contribution in [2.24, 2.45) is 0 Å². The molecular formula is C17H24N2O. The van der Waals surface area contributed by atoms with E-state index in [-0.39, 0.29) is 12.3 Å². The van der Waals surface area contributed by atoms with Crippen LogP contribution in [-0.4, -0.2) is 5.91 Å². The van der Waals surface area contributed by atoms with Gasteiger partial charge in [-0.2, -0.15) is 5.26 Å². The Labute approximate surface area is 122 Å². The summed E-state index contributed by atoms with van der Waals surface area (Å²) >= 11 is 0. The van der Waals surface area contributed by atoms with Crippen molar-refractivity contribution in [1.82, 2.24) is 0 Å². The van der Waals surface area contributed by atoms with Crippen LogP contribution in [0.3, 0.4) is 0 Å². The highest BCUT2D eigenvalue weighted by molar-refractivity contribution is 5.91. The van der Waals surface area contributed by atoms with Gasteiger partial charge in [0.05, 0.1) is 6.07 Å². The quantitative estimate of drug-likeness (QED) is 0.675. The van der Waals surface area contributed by atoms with Crippen molar-refractivity contribution >= 4 is 11.6 Å². The van der Waals surface area contributed by atoms with Crippen molar-refractivity contribution in [1.29, 1.82) is 5.26 Å². The van der Waals surface area contributed by atoms with Crippen LogP contribution in [0.1, 0.15) is 57.4 Å². The number of carbonyl (C=O) groups is 1. The second-order valence-corrected chi connectivity index (χ2v) is 5.10. The Morgan fingerprint density at radius 1 is 1.10 bits per heavy atom. The molecule has 0 fully saturated rings. The van der Waals surface area contributed by atoms with Crippen LogP contribution in [0.2, 0.25) is 0 Å². The van der Waals surface area contributed by atoms with Gasteiger partial charge in [-0.1, -0.05) is 51.2 Å². The molecule has 1 aromatic rings. The summed E-state index contributed by atoms with van der Waals surface area (Å²) in [5, 5.41) is 11.1. The fourth-order valence-corrected chi connectivity index (χ4v) is 2.14. The van der Waals surface area contributed by atoms with E-state index >= 15 is 0 Å². The van der Waals surface area contributed by atoms with Gasteiger partial charge in [-0.25, -0.2) is 0 Å². The summed E-state index contributed by atoms with van der Waals surface area (Å²) in [7, 11) is 0. The fourth-order valence-electron chi connectivity index (χ4n) is 2.14. The molecule has 1 N–H and O–H groups in total. The fraction of sp³-hybridized carbons (Fsp3) is 0.529. The van der Waals surface area contributed by atoms with Gasteiger partial charge in [-0.15, -0.1) is 0 Å². The molecule has 0 saturated heterocycles. The number of rotatable bonds is 9. The molecule has 0 saturated carbocycles. The number of carbonyl (C=O) groups excluding carboxylic acids is 1. The van der Waals surface area contributed by atoms with Crippen LogP contribution in [0.15, 0.2) is 24.3 Å². The summed E-state index contributed by atoms with van der Waals surface area (Å²) in [5.74, 6) is -0.254. The molecule has 0 unspecified atom stereocenters. The molecule has 20 heavy (non-hydrogen) atoms. The third-order valence-corrected chi connectivity index (χ3v) is 3.30. The van der Waals surface area contributed by atoms with Gasteiger partial charge in [0, 0.05) is 5.69 Å². The molecule has 1 amide bonds. The van der Waals surface area contributed by atoms with E-state index in [1.165, 1.54) is 44.1 Å². The molecule has 0 atom stereocenters.